The number of nitrogens with zero attached hydrogens (tertiary/aromatic N) is 1. The fourth-order valence-electron chi connectivity index (χ4n) is 3.54. The van der Waals surface area contributed by atoms with Crippen molar-refractivity contribution in [3.8, 4) is 0 Å². The average Bonchev–Trinajstić information content (AvgIpc) is 2.69. The van der Waals surface area contributed by atoms with Gasteiger partial charge in [-0.2, -0.15) is 4.31 Å². The third kappa shape index (κ3) is 5.64. The average molecular weight is 388 g/mol. The van der Waals surface area contributed by atoms with E-state index in [-0.39, 0.29) is 0 Å². The van der Waals surface area contributed by atoms with E-state index in [2.05, 4.69) is 12.1 Å². The molecule has 1 heterocycles. The third-order valence-electron chi connectivity index (χ3n) is 5.24. The molecule has 1 aliphatic heterocycles. The van der Waals surface area contributed by atoms with Crippen molar-refractivity contribution in [3.05, 3.63) is 65.7 Å². The molecule has 0 radical (unpaired) electrons. The Morgan fingerprint density at radius 1 is 1.00 bits per heavy atom. The topological polar surface area (TPSA) is 46.6 Å². The van der Waals surface area contributed by atoms with Crippen LogP contribution in [0.5, 0.6) is 0 Å². The predicted molar refractivity (Wildman–Crippen MR) is 108 cm³/mol. The van der Waals surface area contributed by atoms with Crippen LogP contribution in [-0.2, 0) is 21.4 Å². The van der Waals surface area contributed by atoms with Crippen LogP contribution < -0.4 is 0 Å². The van der Waals surface area contributed by atoms with E-state index in [1.54, 1.807) is 16.4 Å². The van der Waals surface area contributed by atoms with Gasteiger partial charge in [-0.15, -0.1) is 0 Å². The van der Waals surface area contributed by atoms with E-state index >= 15 is 0 Å². The summed E-state index contributed by atoms with van der Waals surface area (Å²) >= 11 is 0. The van der Waals surface area contributed by atoms with Gasteiger partial charge in [0.25, 0.3) is 0 Å². The number of sulfonamides is 1. The SMILES string of the molecule is Cc1ccc(S(=O)(=O)N2CCC(CCCOCc3ccccc3)CC2)cc1. The van der Waals surface area contributed by atoms with Gasteiger partial charge in [-0.3, -0.25) is 0 Å². The standard InChI is InChI=1S/C22H29NO3S/c1-19-9-11-22(12-10-19)27(24,25)23-15-13-20(14-16-23)8-5-17-26-18-21-6-3-2-4-7-21/h2-4,6-7,9-12,20H,5,8,13-18H2,1H3. The van der Waals surface area contributed by atoms with Gasteiger partial charge in [0.15, 0.2) is 0 Å². The fraction of sp³-hybridized carbons (Fsp3) is 0.455. The maximum atomic E-state index is 12.7. The molecule has 2 aromatic carbocycles. The normalized spacial score (nSPS) is 16.5. The van der Waals surface area contributed by atoms with Crippen LogP contribution >= 0.6 is 0 Å². The van der Waals surface area contributed by atoms with Crippen LogP contribution in [0, 0.1) is 12.8 Å². The number of benzene rings is 2. The van der Waals surface area contributed by atoms with Gasteiger partial charge in [-0.05, 0) is 56.2 Å². The summed E-state index contributed by atoms with van der Waals surface area (Å²) in [5.41, 5.74) is 2.27. The number of ether oxygens (including phenoxy) is 1. The van der Waals surface area contributed by atoms with Crippen molar-refractivity contribution in [2.45, 2.75) is 44.1 Å². The lowest BCUT2D eigenvalue weighted by molar-refractivity contribution is 0.111. The number of hydrogen-bond acceptors (Lipinski definition) is 3. The van der Waals surface area contributed by atoms with Crippen molar-refractivity contribution in [2.24, 2.45) is 5.92 Å². The zero-order chi connectivity index (χ0) is 19.1. The summed E-state index contributed by atoms with van der Waals surface area (Å²) in [5, 5.41) is 0. The van der Waals surface area contributed by atoms with Crippen molar-refractivity contribution in [1.29, 1.82) is 0 Å². The van der Waals surface area contributed by atoms with E-state index in [1.165, 1.54) is 5.56 Å². The molecule has 0 N–H and O–H groups in total. The van der Waals surface area contributed by atoms with E-state index in [0.29, 0.717) is 30.5 Å². The van der Waals surface area contributed by atoms with Crippen LogP contribution in [0.4, 0.5) is 0 Å². The summed E-state index contributed by atoms with van der Waals surface area (Å²) in [7, 11) is -3.35. The Kier molecular flexibility index (Phi) is 7.05. The molecule has 27 heavy (non-hydrogen) atoms. The Morgan fingerprint density at radius 3 is 2.33 bits per heavy atom. The monoisotopic (exact) mass is 387 g/mol. The minimum absolute atomic E-state index is 0.404. The minimum Gasteiger partial charge on any atom is -0.377 e. The molecule has 0 saturated carbocycles. The quantitative estimate of drug-likeness (QED) is 0.631. The van der Waals surface area contributed by atoms with E-state index in [0.717, 1.165) is 37.9 Å². The first-order valence-corrected chi connectivity index (χ1v) is 11.2. The molecule has 0 amide bonds. The zero-order valence-electron chi connectivity index (χ0n) is 16.0. The Hall–Kier alpha value is -1.69. The predicted octanol–water partition coefficient (Wildman–Crippen LogP) is 4.39. The molecule has 146 valence electrons. The van der Waals surface area contributed by atoms with Crippen LogP contribution in [0.15, 0.2) is 59.5 Å². The van der Waals surface area contributed by atoms with Gasteiger partial charge >= 0.3 is 0 Å². The first kappa shape index (κ1) is 20.1. The first-order valence-electron chi connectivity index (χ1n) is 9.74. The van der Waals surface area contributed by atoms with E-state index in [4.69, 9.17) is 4.74 Å². The molecule has 1 saturated heterocycles. The minimum atomic E-state index is -3.35. The molecule has 0 unspecified atom stereocenters. The lowest BCUT2D eigenvalue weighted by Gasteiger charge is -2.31. The Labute approximate surface area is 163 Å². The van der Waals surface area contributed by atoms with Crippen molar-refractivity contribution >= 4 is 10.0 Å². The molecule has 5 heteroatoms. The molecule has 4 nitrogen and oxygen atoms in total. The maximum absolute atomic E-state index is 12.7. The number of rotatable bonds is 8. The lowest BCUT2D eigenvalue weighted by atomic mass is 9.93. The highest BCUT2D eigenvalue weighted by Gasteiger charge is 2.29. The summed E-state index contributed by atoms with van der Waals surface area (Å²) in [5.74, 6) is 0.592. The first-order chi connectivity index (χ1) is 13.1. The largest absolute Gasteiger partial charge is 0.377 e. The molecule has 0 aromatic heterocycles. The van der Waals surface area contributed by atoms with Crippen LogP contribution in [0.25, 0.3) is 0 Å². The van der Waals surface area contributed by atoms with Crippen molar-refractivity contribution in [2.75, 3.05) is 19.7 Å². The maximum Gasteiger partial charge on any atom is 0.243 e. The van der Waals surface area contributed by atoms with Crippen LogP contribution in [-0.4, -0.2) is 32.4 Å². The second kappa shape index (κ2) is 9.49. The summed E-state index contributed by atoms with van der Waals surface area (Å²) in [6.45, 7) is 4.62. The van der Waals surface area contributed by atoms with Gasteiger partial charge in [0.1, 0.15) is 0 Å². The van der Waals surface area contributed by atoms with Gasteiger partial charge in [0.05, 0.1) is 11.5 Å². The van der Waals surface area contributed by atoms with Crippen molar-refractivity contribution in [3.63, 3.8) is 0 Å². The number of hydrogen-bond donors (Lipinski definition) is 0. The van der Waals surface area contributed by atoms with Gasteiger partial charge in [-0.1, -0.05) is 48.0 Å². The summed E-state index contributed by atoms with van der Waals surface area (Å²) in [6, 6.07) is 17.3. The highest BCUT2D eigenvalue weighted by atomic mass is 32.2. The van der Waals surface area contributed by atoms with Crippen LogP contribution in [0.1, 0.15) is 36.8 Å². The Balaban J connectivity index is 1.38. The second-order valence-electron chi connectivity index (χ2n) is 7.34. The molecule has 2 aromatic rings. The second-order valence-corrected chi connectivity index (χ2v) is 9.28. The molecule has 1 fully saturated rings. The van der Waals surface area contributed by atoms with E-state index in [1.807, 2.05) is 37.3 Å². The van der Waals surface area contributed by atoms with Crippen LogP contribution in [0.2, 0.25) is 0 Å². The fourth-order valence-corrected chi connectivity index (χ4v) is 5.01. The van der Waals surface area contributed by atoms with Gasteiger partial charge in [0.2, 0.25) is 10.0 Å². The Morgan fingerprint density at radius 2 is 1.67 bits per heavy atom. The molecule has 1 aliphatic rings. The molecule has 3 rings (SSSR count). The van der Waals surface area contributed by atoms with Crippen molar-refractivity contribution in [1.82, 2.24) is 4.31 Å². The third-order valence-corrected chi connectivity index (χ3v) is 7.16. The summed E-state index contributed by atoms with van der Waals surface area (Å²) in [6.07, 6.45) is 4.00. The van der Waals surface area contributed by atoms with Gasteiger partial charge in [-0.25, -0.2) is 8.42 Å². The molecule has 0 bridgehead atoms. The molecule has 0 spiro atoms. The number of piperidine rings is 1. The molecular weight excluding hydrogens is 358 g/mol. The summed E-state index contributed by atoms with van der Waals surface area (Å²) < 4.78 is 32.9. The van der Waals surface area contributed by atoms with Gasteiger partial charge < -0.3 is 4.74 Å². The smallest absolute Gasteiger partial charge is 0.243 e. The zero-order valence-corrected chi connectivity index (χ0v) is 16.8. The number of aryl methyl sites for hydroxylation is 1. The van der Waals surface area contributed by atoms with Crippen LogP contribution in [0.3, 0.4) is 0 Å². The lowest BCUT2D eigenvalue weighted by Crippen LogP contribution is -2.38. The summed E-state index contributed by atoms with van der Waals surface area (Å²) in [4.78, 5) is 0.404. The van der Waals surface area contributed by atoms with E-state index < -0.39 is 10.0 Å². The van der Waals surface area contributed by atoms with Gasteiger partial charge in [0, 0.05) is 19.7 Å². The van der Waals surface area contributed by atoms with E-state index in [9.17, 15) is 8.42 Å². The highest BCUT2D eigenvalue weighted by molar-refractivity contribution is 7.89. The highest BCUT2D eigenvalue weighted by Crippen LogP contribution is 2.26. The molecule has 0 atom stereocenters. The Bertz CT molecular complexity index is 795. The van der Waals surface area contributed by atoms with Crippen molar-refractivity contribution < 1.29 is 13.2 Å². The molecule has 0 aliphatic carbocycles. The molecular formula is C22H29NO3S.